The molecule has 0 aliphatic carbocycles. The zero-order valence-electron chi connectivity index (χ0n) is 8.84. The Balaban J connectivity index is 2.84. The van der Waals surface area contributed by atoms with Crippen molar-refractivity contribution in [1.82, 2.24) is 9.55 Å². The highest BCUT2D eigenvalue weighted by molar-refractivity contribution is 7.71. The molecule has 0 spiro atoms. The Bertz CT molecular complexity index is 599. The van der Waals surface area contributed by atoms with E-state index in [0.717, 1.165) is 0 Å². The van der Waals surface area contributed by atoms with Crippen molar-refractivity contribution in [3.63, 3.8) is 0 Å². The number of rotatable bonds is 1. The molecular weight excluding hydrogens is 230 g/mol. The molecule has 0 atom stereocenters. The molecule has 1 aromatic heterocycles. The van der Waals surface area contributed by atoms with Crippen molar-refractivity contribution in [2.24, 2.45) is 0 Å². The van der Waals surface area contributed by atoms with Crippen molar-refractivity contribution in [1.29, 1.82) is 0 Å². The van der Waals surface area contributed by atoms with E-state index in [1.54, 1.807) is 20.0 Å². The maximum Gasteiger partial charge on any atom is 0.182 e. The van der Waals surface area contributed by atoms with Gasteiger partial charge in [-0.1, -0.05) is 6.07 Å². The lowest BCUT2D eigenvalue weighted by Crippen LogP contribution is -2.04. The Labute approximate surface area is 96.5 Å². The van der Waals surface area contributed by atoms with Gasteiger partial charge < -0.3 is 4.98 Å². The Hall–Kier alpha value is -1.49. The average molecular weight is 240 g/mol. The lowest BCUT2D eigenvalue weighted by Gasteiger charge is -2.09. The highest BCUT2D eigenvalue weighted by Crippen LogP contribution is 2.22. The first-order chi connectivity index (χ1) is 7.52. The lowest BCUT2D eigenvalue weighted by molar-refractivity contribution is 0.561. The number of imidazole rings is 1. The summed E-state index contributed by atoms with van der Waals surface area (Å²) in [4.78, 5) is 2.75. The maximum absolute atomic E-state index is 13.9. The van der Waals surface area contributed by atoms with Gasteiger partial charge in [0.25, 0.3) is 0 Å². The van der Waals surface area contributed by atoms with Crippen molar-refractivity contribution in [3.8, 4) is 5.69 Å². The number of hydrogen-bond acceptors (Lipinski definition) is 1. The van der Waals surface area contributed by atoms with E-state index in [0.29, 0.717) is 11.3 Å². The molecule has 0 aliphatic rings. The Morgan fingerprint density at radius 3 is 2.50 bits per heavy atom. The van der Waals surface area contributed by atoms with Crippen molar-refractivity contribution in [2.45, 2.75) is 13.8 Å². The molecule has 0 bridgehead atoms. The topological polar surface area (TPSA) is 20.7 Å². The summed E-state index contributed by atoms with van der Waals surface area (Å²) >= 11 is 4.99. The lowest BCUT2D eigenvalue weighted by atomic mass is 10.2. The Morgan fingerprint density at radius 2 is 1.94 bits per heavy atom. The molecule has 0 amide bonds. The minimum Gasteiger partial charge on any atom is -0.337 e. The normalized spacial score (nSPS) is 10.8. The number of H-pyrrole nitrogens is 1. The molecule has 16 heavy (non-hydrogen) atoms. The van der Waals surface area contributed by atoms with Crippen LogP contribution in [0.2, 0.25) is 0 Å². The standard InChI is InChI=1S/C11H10F2N2S/c1-6-3-4-8(12)10(9(6)13)15-7(2)5-14-11(15)16/h3-5H,1-2H3,(H,14,16). The van der Waals surface area contributed by atoms with Crippen LogP contribution in [0.15, 0.2) is 18.3 Å². The van der Waals surface area contributed by atoms with Crippen LogP contribution in [0.1, 0.15) is 11.3 Å². The van der Waals surface area contributed by atoms with Crippen LogP contribution in [0, 0.1) is 30.3 Å². The van der Waals surface area contributed by atoms with E-state index in [-0.39, 0.29) is 10.5 Å². The molecule has 0 radical (unpaired) electrons. The summed E-state index contributed by atoms with van der Waals surface area (Å²) in [7, 11) is 0. The first-order valence-electron chi connectivity index (χ1n) is 4.74. The summed E-state index contributed by atoms with van der Waals surface area (Å²) in [5, 5.41) is 0. The fourth-order valence-electron chi connectivity index (χ4n) is 1.58. The average Bonchev–Trinajstić information content (AvgIpc) is 2.56. The quantitative estimate of drug-likeness (QED) is 0.757. The Kier molecular flexibility index (Phi) is 2.63. The molecule has 0 saturated carbocycles. The second-order valence-electron chi connectivity index (χ2n) is 3.60. The predicted molar refractivity (Wildman–Crippen MR) is 60.3 cm³/mol. The second-order valence-corrected chi connectivity index (χ2v) is 3.98. The van der Waals surface area contributed by atoms with Crippen LogP contribution in [0.4, 0.5) is 8.78 Å². The van der Waals surface area contributed by atoms with Crippen molar-refractivity contribution in [3.05, 3.63) is 46.0 Å². The molecule has 5 heteroatoms. The summed E-state index contributed by atoms with van der Waals surface area (Å²) in [5.74, 6) is -1.21. The van der Waals surface area contributed by atoms with E-state index in [4.69, 9.17) is 12.2 Å². The number of nitrogens with one attached hydrogen (secondary N) is 1. The van der Waals surface area contributed by atoms with Crippen molar-refractivity contribution >= 4 is 12.2 Å². The monoisotopic (exact) mass is 240 g/mol. The fraction of sp³-hybridized carbons (Fsp3) is 0.182. The number of aromatic nitrogens is 2. The molecule has 0 fully saturated rings. The van der Waals surface area contributed by atoms with Crippen LogP contribution in [0.5, 0.6) is 0 Å². The summed E-state index contributed by atoms with van der Waals surface area (Å²) in [6.45, 7) is 3.32. The second kappa shape index (κ2) is 3.83. The first kappa shape index (κ1) is 11.0. The molecule has 0 saturated heterocycles. The van der Waals surface area contributed by atoms with E-state index in [1.807, 2.05) is 0 Å². The number of nitrogens with zero attached hydrogens (tertiary/aromatic N) is 1. The van der Waals surface area contributed by atoms with E-state index in [1.165, 1.54) is 16.7 Å². The summed E-state index contributed by atoms with van der Waals surface area (Å²) in [6, 6.07) is 2.64. The number of aryl methyl sites for hydroxylation is 2. The fourth-order valence-corrected chi connectivity index (χ4v) is 1.87. The maximum atomic E-state index is 13.9. The molecule has 2 rings (SSSR count). The van der Waals surface area contributed by atoms with Crippen LogP contribution in [-0.2, 0) is 0 Å². The minimum atomic E-state index is -0.623. The van der Waals surface area contributed by atoms with Gasteiger partial charge in [-0.2, -0.15) is 0 Å². The molecule has 0 aliphatic heterocycles. The third kappa shape index (κ3) is 1.57. The van der Waals surface area contributed by atoms with E-state index < -0.39 is 11.6 Å². The molecular formula is C11H10F2N2S. The molecule has 0 unspecified atom stereocenters. The summed E-state index contributed by atoms with van der Waals surface area (Å²) < 4.78 is 29.1. The SMILES string of the molecule is Cc1ccc(F)c(-n2c(C)c[nH]c2=S)c1F. The van der Waals surface area contributed by atoms with Crippen molar-refractivity contribution in [2.75, 3.05) is 0 Å². The van der Waals surface area contributed by atoms with Crippen molar-refractivity contribution < 1.29 is 8.78 Å². The third-order valence-corrected chi connectivity index (χ3v) is 2.74. The highest BCUT2D eigenvalue weighted by atomic mass is 32.1. The number of halogens is 2. The molecule has 1 N–H and O–H groups in total. The van der Waals surface area contributed by atoms with Crippen LogP contribution in [0.3, 0.4) is 0 Å². The zero-order chi connectivity index (χ0) is 11.9. The van der Waals surface area contributed by atoms with Gasteiger partial charge >= 0.3 is 0 Å². The van der Waals surface area contributed by atoms with Gasteiger partial charge in [-0.05, 0) is 37.7 Å². The third-order valence-electron chi connectivity index (χ3n) is 2.44. The van der Waals surface area contributed by atoms with Gasteiger partial charge in [0.1, 0.15) is 11.5 Å². The van der Waals surface area contributed by atoms with Crippen LogP contribution in [-0.4, -0.2) is 9.55 Å². The molecule has 1 aromatic carbocycles. The summed E-state index contributed by atoms with van der Waals surface area (Å²) in [6.07, 6.45) is 1.61. The van der Waals surface area contributed by atoms with E-state index in [2.05, 4.69) is 4.98 Å². The largest absolute Gasteiger partial charge is 0.337 e. The Morgan fingerprint density at radius 1 is 1.25 bits per heavy atom. The van der Waals surface area contributed by atoms with Gasteiger partial charge in [0.05, 0.1) is 0 Å². The highest BCUT2D eigenvalue weighted by Gasteiger charge is 2.15. The molecule has 84 valence electrons. The van der Waals surface area contributed by atoms with E-state index in [9.17, 15) is 8.78 Å². The number of hydrogen-bond donors (Lipinski definition) is 1. The molecule has 2 nitrogen and oxygen atoms in total. The van der Waals surface area contributed by atoms with Crippen LogP contribution < -0.4 is 0 Å². The zero-order valence-corrected chi connectivity index (χ0v) is 9.66. The van der Waals surface area contributed by atoms with Gasteiger partial charge in [0.15, 0.2) is 10.6 Å². The predicted octanol–water partition coefficient (Wildman–Crippen LogP) is 3.43. The van der Waals surface area contributed by atoms with Gasteiger partial charge in [0, 0.05) is 11.9 Å². The van der Waals surface area contributed by atoms with Gasteiger partial charge in [-0.3, -0.25) is 4.57 Å². The molecule has 2 aromatic rings. The van der Waals surface area contributed by atoms with Gasteiger partial charge in [-0.15, -0.1) is 0 Å². The number of aromatic amines is 1. The first-order valence-corrected chi connectivity index (χ1v) is 5.15. The number of benzene rings is 1. The minimum absolute atomic E-state index is 0.122. The smallest absolute Gasteiger partial charge is 0.182 e. The van der Waals surface area contributed by atoms with Crippen LogP contribution >= 0.6 is 12.2 Å². The van der Waals surface area contributed by atoms with Crippen LogP contribution in [0.25, 0.3) is 5.69 Å². The van der Waals surface area contributed by atoms with Gasteiger partial charge in [0.2, 0.25) is 0 Å². The molecule has 1 heterocycles. The summed E-state index contributed by atoms with van der Waals surface area (Å²) in [5.41, 5.74) is 0.927. The van der Waals surface area contributed by atoms with Gasteiger partial charge in [-0.25, -0.2) is 8.78 Å². The van der Waals surface area contributed by atoms with E-state index >= 15 is 0 Å².